The SMILES string of the molecule is NC(N)=Nc1ccc(C(=O)Nc2ccc(S(N)(=O)=O)cc2)cc1. The summed E-state index contributed by atoms with van der Waals surface area (Å²) in [7, 11) is -3.76. The highest BCUT2D eigenvalue weighted by atomic mass is 32.2. The van der Waals surface area contributed by atoms with Crippen molar-refractivity contribution in [3.05, 3.63) is 54.1 Å². The quantitative estimate of drug-likeness (QED) is 0.473. The normalized spacial score (nSPS) is 10.8. The third-order valence-electron chi connectivity index (χ3n) is 2.83. The van der Waals surface area contributed by atoms with Crippen LogP contribution in [0.4, 0.5) is 11.4 Å². The van der Waals surface area contributed by atoms with Gasteiger partial charge in [0.2, 0.25) is 10.0 Å². The number of primary sulfonamides is 1. The second-order valence-electron chi connectivity index (χ2n) is 4.61. The summed E-state index contributed by atoms with van der Waals surface area (Å²) in [5, 5.41) is 7.64. The number of anilines is 1. The predicted molar refractivity (Wildman–Crippen MR) is 87.7 cm³/mol. The highest BCUT2D eigenvalue weighted by molar-refractivity contribution is 7.89. The molecule has 0 aliphatic rings. The van der Waals surface area contributed by atoms with Gasteiger partial charge in [-0.15, -0.1) is 0 Å². The molecule has 7 N–H and O–H groups in total. The van der Waals surface area contributed by atoms with Gasteiger partial charge < -0.3 is 16.8 Å². The Morgan fingerprint density at radius 3 is 2.00 bits per heavy atom. The summed E-state index contributed by atoms with van der Waals surface area (Å²) in [5.74, 6) is -0.429. The molecule has 0 radical (unpaired) electrons. The lowest BCUT2D eigenvalue weighted by Gasteiger charge is -2.06. The Balaban J connectivity index is 2.11. The van der Waals surface area contributed by atoms with Crippen LogP contribution in [0.1, 0.15) is 10.4 Å². The smallest absolute Gasteiger partial charge is 0.255 e. The number of hydrogen-bond acceptors (Lipinski definition) is 4. The topological polar surface area (TPSA) is 154 Å². The van der Waals surface area contributed by atoms with Crippen molar-refractivity contribution in [2.75, 3.05) is 5.32 Å². The average Bonchev–Trinajstić information content (AvgIpc) is 2.47. The van der Waals surface area contributed by atoms with Gasteiger partial charge in [0.15, 0.2) is 5.96 Å². The zero-order valence-electron chi connectivity index (χ0n) is 11.9. The Morgan fingerprint density at radius 1 is 0.957 bits per heavy atom. The van der Waals surface area contributed by atoms with Crippen LogP contribution >= 0.6 is 0 Å². The molecule has 0 atom stereocenters. The van der Waals surface area contributed by atoms with E-state index < -0.39 is 10.0 Å². The molecule has 0 heterocycles. The van der Waals surface area contributed by atoms with Crippen LogP contribution in [-0.2, 0) is 10.0 Å². The molecule has 0 saturated carbocycles. The summed E-state index contributed by atoms with van der Waals surface area (Å²) in [6.07, 6.45) is 0. The summed E-state index contributed by atoms with van der Waals surface area (Å²) in [6.45, 7) is 0. The molecule has 0 unspecified atom stereocenters. The first-order valence-electron chi connectivity index (χ1n) is 6.39. The number of hydrogen-bond donors (Lipinski definition) is 4. The van der Waals surface area contributed by atoms with Gasteiger partial charge >= 0.3 is 0 Å². The Bertz CT molecular complexity index is 839. The van der Waals surface area contributed by atoms with Crippen molar-refractivity contribution >= 4 is 33.3 Å². The van der Waals surface area contributed by atoms with Crippen LogP contribution in [0.15, 0.2) is 58.4 Å². The van der Waals surface area contributed by atoms with Crippen molar-refractivity contribution in [3.8, 4) is 0 Å². The molecule has 0 fully saturated rings. The number of benzene rings is 2. The zero-order valence-corrected chi connectivity index (χ0v) is 12.7. The summed E-state index contributed by atoms with van der Waals surface area (Å²) in [6, 6.07) is 11.8. The van der Waals surface area contributed by atoms with E-state index in [2.05, 4.69) is 10.3 Å². The van der Waals surface area contributed by atoms with Gasteiger partial charge in [0, 0.05) is 11.3 Å². The number of nitrogens with zero attached hydrogens (tertiary/aromatic N) is 1. The number of aliphatic imine (C=N–C) groups is 1. The maximum atomic E-state index is 12.1. The fourth-order valence-electron chi connectivity index (χ4n) is 1.77. The molecule has 1 amide bonds. The number of rotatable bonds is 4. The minimum absolute atomic E-state index is 0.0305. The van der Waals surface area contributed by atoms with E-state index in [1.54, 1.807) is 24.3 Å². The molecule has 2 aromatic rings. The molecule has 9 heteroatoms. The van der Waals surface area contributed by atoms with E-state index in [-0.39, 0.29) is 16.8 Å². The zero-order chi connectivity index (χ0) is 17.0. The molecular weight excluding hydrogens is 318 g/mol. The molecule has 8 nitrogen and oxygen atoms in total. The van der Waals surface area contributed by atoms with E-state index in [0.717, 1.165) is 0 Å². The van der Waals surface area contributed by atoms with Gasteiger partial charge in [-0.25, -0.2) is 18.5 Å². The molecule has 120 valence electrons. The van der Waals surface area contributed by atoms with Gasteiger partial charge in [-0.1, -0.05) is 0 Å². The standard InChI is InChI=1S/C14H15N5O3S/c15-14(16)19-11-3-1-9(2-4-11)13(20)18-10-5-7-12(8-6-10)23(17,21)22/h1-8H,(H,18,20)(H4,15,16,19)(H2,17,21,22). The highest BCUT2D eigenvalue weighted by Crippen LogP contribution is 2.16. The second-order valence-corrected chi connectivity index (χ2v) is 6.17. The molecule has 0 spiro atoms. The maximum absolute atomic E-state index is 12.1. The van der Waals surface area contributed by atoms with Crippen LogP contribution < -0.4 is 21.9 Å². The molecule has 2 aromatic carbocycles. The van der Waals surface area contributed by atoms with E-state index in [1.807, 2.05) is 0 Å². The predicted octanol–water partition coefficient (Wildman–Crippen LogP) is 0.491. The monoisotopic (exact) mass is 333 g/mol. The van der Waals surface area contributed by atoms with Crippen molar-refractivity contribution < 1.29 is 13.2 Å². The summed E-state index contributed by atoms with van der Waals surface area (Å²) >= 11 is 0. The van der Waals surface area contributed by atoms with Gasteiger partial charge in [0.25, 0.3) is 5.91 Å². The maximum Gasteiger partial charge on any atom is 0.255 e. The van der Waals surface area contributed by atoms with Crippen LogP contribution in [0, 0.1) is 0 Å². The van der Waals surface area contributed by atoms with Crippen LogP contribution in [0.3, 0.4) is 0 Å². The summed E-state index contributed by atoms with van der Waals surface area (Å²) < 4.78 is 22.3. The third-order valence-corrected chi connectivity index (χ3v) is 3.76. The van der Waals surface area contributed by atoms with Gasteiger partial charge in [0.05, 0.1) is 10.6 Å². The number of carbonyl (C=O) groups excluding carboxylic acids is 1. The number of carbonyl (C=O) groups is 1. The molecule has 0 aliphatic heterocycles. The lowest BCUT2D eigenvalue weighted by atomic mass is 10.2. The number of amides is 1. The first kappa shape index (κ1) is 16.5. The molecular formula is C14H15N5O3S. The van der Waals surface area contributed by atoms with E-state index >= 15 is 0 Å². The minimum Gasteiger partial charge on any atom is -0.370 e. The number of guanidine groups is 1. The largest absolute Gasteiger partial charge is 0.370 e. The molecule has 0 saturated heterocycles. The highest BCUT2D eigenvalue weighted by Gasteiger charge is 2.09. The molecule has 0 bridgehead atoms. The Hall–Kier alpha value is -2.91. The van der Waals surface area contributed by atoms with Gasteiger partial charge in [-0.3, -0.25) is 4.79 Å². The van der Waals surface area contributed by atoms with E-state index in [0.29, 0.717) is 16.9 Å². The first-order valence-corrected chi connectivity index (χ1v) is 7.94. The number of nitrogens with one attached hydrogen (secondary N) is 1. The van der Waals surface area contributed by atoms with Crippen LogP contribution in [-0.4, -0.2) is 20.3 Å². The minimum atomic E-state index is -3.76. The molecule has 0 aromatic heterocycles. The van der Waals surface area contributed by atoms with E-state index in [4.69, 9.17) is 16.6 Å². The van der Waals surface area contributed by atoms with Crippen molar-refractivity contribution in [3.63, 3.8) is 0 Å². The lowest BCUT2D eigenvalue weighted by molar-refractivity contribution is 0.102. The molecule has 23 heavy (non-hydrogen) atoms. The first-order chi connectivity index (χ1) is 10.8. The summed E-state index contributed by atoms with van der Waals surface area (Å²) in [5.41, 5.74) is 11.9. The Kier molecular flexibility index (Phi) is 4.63. The fourth-order valence-corrected chi connectivity index (χ4v) is 2.28. The van der Waals surface area contributed by atoms with Gasteiger partial charge in [-0.05, 0) is 48.5 Å². The lowest BCUT2D eigenvalue weighted by Crippen LogP contribution is -2.21. The summed E-state index contributed by atoms with van der Waals surface area (Å²) in [4.78, 5) is 15.9. The van der Waals surface area contributed by atoms with Crippen molar-refractivity contribution in [2.24, 2.45) is 21.6 Å². The second kappa shape index (κ2) is 6.46. The third kappa shape index (κ3) is 4.53. The van der Waals surface area contributed by atoms with Gasteiger partial charge in [-0.2, -0.15) is 0 Å². The van der Waals surface area contributed by atoms with Crippen LogP contribution in [0.25, 0.3) is 0 Å². The molecule has 0 aliphatic carbocycles. The van der Waals surface area contributed by atoms with E-state index in [1.165, 1.54) is 24.3 Å². The van der Waals surface area contributed by atoms with Gasteiger partial charge in [0.1, 0.15) is 0 Å². The fraction of sp³-hybridized carbons (Fsp3) is 0. The average molecular weight is 333 g/mol. The Morgan fingerprint density at radius 2 is 1.52 bits per heavy atom. The van der Waals surface area contributed by atoms with Crippen molar-refractivity contribution in [1.29, 1.82) is 0 Å². The van der Waals surface area contributed by atoms with Crippen LogP contribution in [0.2, 0.25) is 0 Å². The van der Waals surface area contributed by atoms with Crippen molar-refractivity contribution in [2.45, 2.75) is 4.90 Å². The number of sulfonamides is 1. The van der Waals surface area contributed by atoms with Crippen molar-refractivity contribution in [1.82, 2.24) is 0 Å². The van der Waals surface area contributed by atoms with Crippen LogP contribution in [0.5, 0.6) is 0 Å². The molecule has 2 rings (SSSR count). The Labute approximate surface area is 133 Å². The van der Waals surface area contributed by atoms with E-state index in [9.17, 15) is 13.2 Å². The number of nitrogens with two attached hydrogens (primary N) is 3.